The van der Waals surface area contributed by atoms with Crippen LogP contribution >= 0.6 is 0 Å². The highest BCUT2D eigenvalue weighted by Gasteiger charge is 2.11. The molecule has 0 aliphatic heterocycles. The summed E-state index contributed by atoms with van der Waals surface area (Å²) in [5.41, 5.74) is 0.677. The normalized spacial score (nSPS) is 10.8. The lowest BCUT2D eigenvalue weighted by Crippen LogP contribution is -2.25. The van der Waals surface area contributed by atoms with E-state index in [9.17, 15) is 9.59 Å². The lowest BCUT2D eigenvalue weighted by Gasteiger charge is -2.04. The summed E-state index contributed by atoms with van der Waals surface area (Å²) >= 11 is 0. The molecule has 0 bridgehead atoms. The van der Waals surface area contributed by atoms with Gasteiger partial charge in [0.25, 0.3) is 5.91 Å². The van der Waals surface area contributed by atoms with Crippen molar-refractivity contribution in [1.82, 2.24) is 5.32 Å². The summed E-state index contributed by atoms with van der Waals surface area (Å²) < 4.78 is 10.1. The number of furan rings is 1. The highest BCUT2D eigenvalue weighted by Crippen LogP contribution is 2.16. The third-order valence-electron chi connectivity index (χ3n) is 3.30. The lowest BCUT2D eigenvalue weighted by atomic mass is 10.1. The molecule has 0 atom stereocenters. The Morgan fingerprint density at radius 2 is 2.04 bits per heavy atom. The molecule has 1 aromatic carbocycles. The molecule has 2 rings (SSSR count). The average molecular weight is 338 g/mol. The number of nitriles is 1. The summed E-state index contributed by atoms with van der Waals surface area (Å²) in [6, 6.07) is 11.5. The van der Waals surface area contributed by atoms with Crippen molar-refractivity contribution in [1.29, 1.82) is 5.26 Å². The minimum atomic E-state index is -0.596. The highest BCUT2D eigenvalue weighted by molar-refractivity contribution is 6.01. The van der Waals surface area contributed by atoms with Crippen LogP contribution in [0, 0.1) is 11.3 Å². The van der Waals surface area contributed by atoms with Crippen molar-refractivity contribution in [2.45, 2.75) is 19.8 Å². The highest BCUT2D eigenvalue weighted by atomic mass is 16.5. The second kappa shape index (κ2) is 9.08. The molecule has 0 radical (unpaired) electrons. The Hall–Kier alpha value is -3.33. The van der Waals surface area contributed by atoms with Crippen LogP contribution in [0.5, 0.6) is 5.75 Å². The van der Waals surface area contributed by atoms with Crippen LogP contribution in [0.4, 0.5) is 0 Å². The summed E-state index contributed by atoms with van der Waals surface area (Å²) in [6.45, 7) is 2.56. The van der Waals surface area contributed by atoms with Gasteiger partial charge in [0.05, 0.1) is 6.26 Å². The first kappa shape index (κ1) is 18.0. The van der Waals surface area contributed by atoms with Gasteiger partial charge in [0.2, 0.25) is 5.76 Å². The van der Waals surface area contributed by atoms with Crippen molar-refractivity contribution in [2.75, 3.05) is 6.54 Å². The van der Waals surface area contributed by atoms with Gasteiger partial charge in [0, 0.05) is 6.54 Å². The number of hydrogen-bond acceptors (Lipinski definition) is 5. The summed E-state index contributed by atoms with van der Waals surface area (Å²) in [7, 11) is 0. The quantitative estimate of drug-likeness (QED) is 0.275. The predicted molar refractivity (Wildman–Crippen MR) is 91.6 cm³/mol. The van der Waals surface area contributed by atoms with Gasteiger partial charge in [-0.25, -0.2) is 4.79 Å². The van der Waals surface area contributed by atoms with Crippen molar-refractivity contribution in [3.63, 3.8) is 0 Å². The Labute approximate surface area is 145 Å². The van der Waals surface area contributed by atoms with Crippen LogP contribution in [0.3, 0.4) is 0 Å². The number of hydrogen-bond donors (Lipinski definition) is 1. The van der Waals surface area contributed by atoms with Crippen LogP contribution in [0.25, 0.3) is 6.08 Å². The van der Waals surface area contributed by atoms with Crippen molar-refractivity contribution >= 4 is 18.0 Å². The van der Waals surface area contributed by atoms with E-state index in [1.165, 1.54) is 18.4 Å². The van der Waals surface area contributed by atoms with Crippen molar-refractivity contribution in [3.8, 4) is 11.8 Å². The molecule has 0 unspecified atom stereocenters. The first-order valence-electron chi connectivity index (χ1n) is 7.89. The van der Waals surface area contributed by atoms with Crippen molar-refractivity contribution in [2.24, 2.45) is 0 Å². The minimum absolute atomic E-state index is 0.0245. The van der Waals surface area contributed by atoms with Crippen molar-refractivity contribution in [3.05, 3.63) is 59.6 Å². The molecule has 0 fully saturated rings. The van der Waals surface area contributed by atoms with Gasteiger partial charge in [-0.2, -0.15) is 5.26 Å². The van der Waals surface area contributed by atoms with Crippen LogP contribution < -0.4 is 10.1 Å². The summed E-state index contributed by atoms with van der Waals surface area (Å²) in [6.07, 6.45) is 4.70. The predicted octanol–water partition coefficient (Wildman–Crippen LogP) is 3.32. The van der Waals surface area contributed by atoms with E-state index in [2.05, 4.69) is 5.32 Å². The number of nitrogens with zero attached hydrogens (tertiary/aromatic N) is 1. The van der Waals surface area contributed by atoms with Gasteiger partial charge in [-0.3, -0.25) is 4.79 Å². The van der Waals surface area contributed by atoms with Crippen LogP contribution in [0.1, 0.15) is 35.9 Å². The maximum absolute atomic E-state index is 11.9. The maximum atomic E-state index is 11.9. The molecule has 25 heavy (non-hydrogen) atoms. The summed E-state index contributed by atoms with van der Waals surface area (Å²) in [5, 5.41) is 11.8. The largest absolute Gasteiger partial charge is 0.457 e. The number of ether oxygens (including phenoxy) is 1. The van der Waals surface area contributed by atoms with Crippen LogP contribution in [-0.4, -0.2) is 18.4 Å². The zero-order valence-corrected chi connectivity index (χ0v) is 13.8. The molecule has 1 N–H and O–H groups in total. The first-order valence-corrected chi connectivity index (χ1v) is 7.89. The van der Waals surface area contributed by atoms with Gasteiger partial charge >= 0.3 is 5.97 Å². The van der Waals surface area contributed by atoms with Gasteiger partial charge < -0.3 is 14.5 Å². The van der Waals surface area contributed by atoms with E-state index in [1.54, 1.807) is 30.3 Å². The molecule has 6 heteroatoms. The van der Waals surface area contributed by atoms with E-state index in [0.717, 1.165) is 12.8 Å². The van der Waals surface area contributed by atoms with Crippen molar-refractivity contribution < 1.29 is 18.7 Å². The average Bonchev–Trinajstić information content (AvgIpc) is 3.16. The van der Waals surface area contributed by atoms with Crippen LogP contribution in [-0.2, 0) is 4.79 Å². The molecular weight excluding hydrogens is 320 g/mol. The number of carbonyl (C=O) groups excluding carboxylic acids is 2. The lowest BCUT2D eigenvalue weighted by molar-refractivity contribution is -0.117. The third-order valence-corrected chi connectivity index (χ3v) is 3.30. The zero-order valence-electron chi connectivity index (χ0n) is 13.8. The molecule has 1 amide bonds. The number of rotatable bonds is 7. The molecule has 2 aromatic rings. The Kier molecular flexibility index (Phi) is 6.55. The number of unbranched alkanes of at least 4 members (excludes halogenated alkanes) is 1. The fourth-order valence-electron chi connectivity index (χ4n) is 1.97. The first-order chi connectivity index (χ1) is 12.1. The van der Waals surface area contributed by atoms with Crippen LogP contribution in [0.2, 0.25) is 0 Å². The smallest absolute Gasteiger partial charge is 0.379 e. The van der Waals surface area contributed by atoms with Gasteiger partial charge in [-0.1, -0.05) is 25.5 Å². The molecule has 0 aliphatic rings. The molecular formula is C19H18N2O4. The van der Waals surface area contributed by atoms with E-state index in [0.29, 0.717) is 17.9 Å². The number of amides is 1. The third kappa shape index (κ3) is 5.36. The molecule has 0 saturated carbocycles. The van der Waals surface area contributed by atoms with Gasteiger partial charge in [-0.05, 0) is 42.3 Å². The summed E-state index contributed by atoms with van der Waals surface area (Å²) in [5.74, 6) is -0.547. The maximum Gasteiger partial charge on any atom is 0.379 e. The fourth-order valence-corrected chi connectivity index (χ4v) is 1.97. The topological polar surface area (TPSA) is 92.3 Å². The van der Waals surface area contributed by atoms with E-state index in [-0.39, 0.29) is 11.3 Å². The minimum Gasteiger partial charge on any atom is -0.457 e. The number of nitrogens with one attached hydrogen (secondary N) is 1. The molecule has 1 heterocycles. The summed E-state index contributed by atoms with van der Waals surface area (Å²) in [4.78, 5) is 23.7. The van der Waals surface area contributed by atoms with E-state index >= 15 is 0 Å². The monoisotopic (exact) mass is 338 g/mol. The Balaban J connectivity index is 2.01. The van der Waals surface area contributed by atoms with E-state index < -0.39 is 11.9 Å². The molecule has 0 spiro atoms. The zero-order chi connectivity index (χ0) is 18.1. The second-order valence-corrected chi connectivity index (χ2v) is 5.22. The second-order valence-electron chi connectivity index (χ2n) is 5.22. The number of benzene rings is 1. The van der Waals surface area contributed by atoms with Crippen LogP contribution in [0.15, 0.2) is 52.7 Å². The molecule has 0 aliphatic carbocycles. The fraction of sp³-hybridized carbons (Fsp3) is 0.211. The van der Waals surface area contributed by atoms with Gasteiger partial charge in [-0.15, -0.1) is 0 Å². The van der Waals surface area contributed by atoms with E-state index in [4.69, 9.17) is 14.4 Å². The van der Waals surface area contributed by atoms with Gasteiger partial charge in [0.1, 0.15) is 17.4 Å². The molecule has 128 valence electrons. The number of carbonyl (C=O) groups is 2. The molecule has 0 saturated heterocycles. The Morgan fingerprint density at radius 3 is 2.64 bits per heavy atom. The Morgan fingerprint density at radius 1 is 1.28 bits per heavy atom. The molecule has 1 aromatic heterocycles. The SMILES string of the molecule is CCCCNC(=O)/C(C#N)=C/c1ccc(OC(=O)c2ccco2)cc1. The van der Waals surface area contributed by atoms with E-state index in [1.807, 2.05) is 13.0 Å². The number of esters is 1. The standard InChI is InChI=1S/C19H18N2O4/c1-2-3-10-21-18(22)15(13-20)12-14-6-8-16(9-7-14)25-19(23)17-5-4-11-24-17/h4-9,11-12H,2-3,10H2,1H3,(H,21,22)/b15-12+. The van der Waals surface area contributed by atoms with Gasteiger partial charge in [0.15, 0.2) is 0 Å². The molecule has 6 nitrogen and oxygen atoms in total. The Bertz CT molecular complexity index is 784.